The summed E-state index contributed by atoms with van der Waals surface area (Å²) < 4.78 is 10.6. The van der Waals surface area contributed by atoms with E-state index >= 15 is 0 Å². The number of ketones is 1. The first-order chi connectivity index (χ1) is 15.0. The van der Waals surface area contributed by atoms with Crippen LogP contribution in [-0.4, -0.2) is 37.0 Å². The molecular weight excluding hydrogens is 392 g/mol. The van der Waals surface area contributed by atoms with Crippen LogP contribution in [0.1, 0.15) is 43.0 Å². The Morgan fingerprint density at radius 2 is 1.71 bits per heavy atom. The van der Waals surface area contributed by atoms with Crippen LogP contribution in [-0.2, 0) is 11.3 Å². The van der Waals surface area contributed by atoms with Crippen molar-refractivity contribution >= 4 is 11.7 Å². The Hall–Kier alpha value is -3.51. The first kappa shape index (κ1) is 22.2. The van der Waals surface area contributed by atoms with Gasteiger partial charge in [0.2, 0.25) is 5.88 Å². The van der Waals surface area contributed by atoms with E-state index < -0.39 is 0 Å². The number of rotatable bonds is 9. The highest BCUT2D eigenvalue weighted by molar-refractivity contribution is 6.15. The van der Waals surface area contributed by atoms with E-state index in [1.165, 1.54) is 0 Å². The van der Waals surface area contributed by atoms with Gasteiger partial charge in [-0.1, -0.05) is 36.4 Å². The minimum Gasteiger partial charge on any atom is -0.475 e. The third kappa shape index (κ3) is 5.55. The number of nitrogens with one attached hydrogen (secondary N) is 1. The van der Waals surface area contributed by atoms with Crippen molar-refractivity contribution in [2.45, 2.75) is 20.4 Å². The zero-order valence-corrected chi connectivity index (χ0v) is 18.0. The van der Waals surface area contributed by atoms with Crippen molar-refractivity contribution in [1.29, 1.82) is 0 Å². The first-order valence-electron chi connectivity index (χ1n) is 10.1. The molecule has 0 aliphatic rings. The smallest absolute Gasteiger partial charge is 0.252 e. The van der Waals surface area contributed by atoms with Crippen molar-refractivity contribution < 1.29 is 19.1 Å². The highest BCUT2D eigenvalue weighted by atomic mass is 16.5. The molecule has 3 aromatic rings. The Morgan fingerprint density at radius 1 is 0.935 bits per heavy atom. The average Bonchev–Trinajstić information content (AvgIpc) is 2.79. The largest absolute Gasteiger partial charge is 0.475 e. The number of aromatic nitrogens is 1. The van der Waals surface area contributed by atoms with Crippen LogP contribution in [0, 0.1) is 13.8 Å². The molecule has 0 saturated heterocycles. The molecule has 0 radical (unpaired) electrons. The van der Waals surface area contributed by atoms with Crippen LogP contribution in [0.25, 0.3) is 0 Å². The molecule has 0 saturated carbocycles. The summed E-state index contributed by atoms with van der Waals surface area (Å²) in [5, 5.41) is 2.87. The standard InChI is InChI=1S/C25H26N2O4/c1-17-10-11-19(15-18(17)2)23(28)21-8-4-5-9-22(21)24(29)27-16-20-7-6-12-26-25(20)31-14-13-30-3/h4-12,15H,13-14,16H2,1-3H3,(H,27,29). The lowest BCUT2D eigenvalue weighted by atomic mass is 9.95. The zero-order valence-electron chi connectivity index (χ0n) is 18.0. The minimum atomic E-state index is -0.334. The number of benzene rings is 2. The van der Waals surface area contributed by atoms with Crippen LogP contribution in [0.2, 0.25) is 0 Å². The van der Waals surface area contributed by atoms with E-state index in [0.29, 0.717) is 35.8 Å². The monoisotopic (exact) mass is 418 g/mol. The van der Waals surface area contributed by atoms with Crippen molar-refractivity contribution in [2.24, 2.45) is 0 Å². The molecule has 6 nitrogen and oxygen atoms in total. The second-order valence-corrected chi connectivity index (χ2v) is 7.17. The van der Waals surface area contributed by atoms with Crippen LogP contribution in [0.15, 0.2) is 60.8 Å². The van der Waals surface area contributed by atoms with E-state index in [-0.39, 0.29) is 18.2 Å². The number of aryl methyl sites for hydroxylation is 2. The van der Waals surface area contributed by atoms with E-state index in [4.69, 9.17) is 9.47 Å². The molecule has 1 aromatic heterocycles. The maximum atomic E-state index is 13.1. The fourth-order valence-electron chi connectivity index (χ4n) is 3.10. The van der Waals surface area contributed by atoms with Gasteiger partial charge < -0.3 is 14.8 Å². The lowest BCUT2D eigenvalue weighted by Gasteiger charge is -2.12. The maximum absolute atomic E-state index is 13.1. The molecule has 31 heavy (non-hydrogen) atoms. The molecule has 0 unspecified atom stereocenters. The topological polar surface area (TPSA) is 77.5 Å². The van der Waals surface area contributed by atoms with Crippen LogP contribution in [0.3, 0.4) is 0 Å². The van der Waals surface area contributed by atoms with Crippen molar-refractivity contribution in [1.82, 2.24) is 10.3 Å². The van der Waals surface area contributed by atoms with Gasteiger partial charge in [-0.2, -0.15) is 0 Å². The second kappa shape index (κ2) is 10.5. The minimum absolute atomic E-state index is 0.182. The van der Waals surface area contributed by atoms with Crippen LogP contribution >= 0.6 is 0 Å². The molecular formula is C25H26N2O4. The summed E-state index contributed by atoms with van der Waals surface area (Å²) in [5.41, 5.74) is 4.14. The Kier molecular flexibility index (Phi) is 7.51. The quantitative estimate of drug-likeness (QED) is 0.421. The molecule has 3 rings (SSSR count). The molecule has 0 fully saturated rings. The number of carbonyl (C=O) groups is 2. The van der Waals surface area contributed by atoms with E-state index in [2.05, 4.69) is 10.3 Å². The summed E-state index contributed by atoms with van der Waals surface area (Å²) in [5.74, 6) is -0.0716. The molecule has 0 aliphatic carbocycles. The SMILES string of the molecule is COCCOc1ncccc1CNC(=O)c1ccccc1C(=O)c1ccc(C)c(C)c1. The van der Waals surface area contributed by atoms with Gasteiger partial charge in [-0.3, -0.25) is 9.59 Å². The van der Waals surface area contributed by atoms with Crippen LogP contribution in [0.4, 0.5) is 0 Å². The van der Waals surface area contributed by atoms with Gasteiger partial charge >= 0.3 is 0 Å². The Labute approximate surface area is 182 Å². The van der Waals surface area contributed by atoms with Crippen LogP contribution in [0.5, 0.6) is 5.88 Å². The summed E-state index contributed by atoms with van der Waals surface area (Å²) in [7, 11) is 1.60. The molecule has 0 bridgehead atoms. The first-order valence-corrected chi connectivity index (χ1v) is 10.1. The number of hydrogen-bond acceptors (Lipinski definition) is 5. The lowest BCUT2D eigenvalue weighted by molar-refractivity contribution is 0.0939. The molecule has 0 atom stereocenters. The average molecular weight is 418 g/mol. The Bertz CT molecular complexity index is 1080. The Balaban J connectivity index is 1.77. The number of amides is 1. The molecule has 0 aliphatic heterocycles. The predicted molar refractivity (Wildman–Crippen MR) is 119 cm³/mol. The third-order valence-electron chi connectivity index (χ3n) is 5.00. The van der Waals surface area contributed by atoms with Gasteiger partial charge in [0.25, 0.3) is 5.91 Å². The van der Waals surface area contributed by atoms with Gasteiger partial charge in [0.15, 0.2) is 5.78 Å². The molecule has 0 spiro atoms. The molecule has 2 aromatic carbocycles. The normalized spacial score (nSPS) is 10.5. The summed E-state index contributed by atoms with van der Waals surface area (Å²) in [6.07, 6.45) is 1.63. The summed E-state index contributed by atoms with van der Waals surface area (Å²) in [6, 6.07) is 16.0. The molecule has 6 heteroatoms. The van der Waals surface area contributed by atoms with Gasteiger partial charge in [-0.15, -0.1) is 0 Å². The van der Waals surface area contributed by atoms with Crippen molar-refractivity contribution in [3.05, 3.63) is 94.2 Å². The van der Waals surface area contributed by atoms with E-state index in [1.807, 2.05) is 32.0 Å². The third-order valence-corrected chi connectivity index (χ3v) is 5.00. The Morgan fingerprint density at radius 3 is 2.45 bits per heavy atom. The van der Waals surface area contributed by atoms with Gasteiger partial charge in [0.05, 0.1) is 12.2 Å². The summed E-state index contributed by atoms with van der Waals surface area (Å²) >= 11 is 0. The fraction of sp³-hybridized carbons (Fsp3) is 0.240. The van der Waals surface area contributed by atoms with Crippen molar-refractivity contribution in [2.75, 3.05) is 20.3 Å². The van der Waals surface area contributed by atoms with Gasteiger partial charge in [0.1, 0.15) is 6.61 Å². The van der Waals surface area contributed by atoms with Gasteiger partial charge in [0, 0.05) is 36.5 Å². The van der Waals surface area contributed by atoms with Gasteiger partial charge in [-0.05, 0) is 43.2 Å². The molecule has 1 N–H and O–H groups in total. The summed E-state index contributed by atoms with van der Waals surface area (Å²) in [6.45, 7) is 4.99. The number of methoxy groups -OCH3 is 1. The van der Waals surface area contributed by atoms with E-state index in [9.17, 15) is 9.59 Å². The highest BCUT2D eigenvalue weighted by Gasteiger charge is 2.19. The fourth-order valence-corrected chi connectivity index (χ4v) is 3.10. The second-order valence-electron chi connectivity index (χ2n) is 7.17. The summed E-state index contributed by atoms with van der Waals surface area (Å²) in [4.78, 5) is 30.2. The number of pyridine rings is 1. The molecule has 1 amide bonds. The predicted octanol–water partition coefficient (Wildman–Crippen LogP) is 3.88. The zero-order chi connectivity index (χ0) is 22.2. The number of ether oxygens (including phenoxy) is 2. The van der Waals surface area contributed by atoms with E-state index in [0.717, 1.165) is 16.7 Å². The molecule has 1 heterocycles. The number of nitrogens with zero attached hydrogens (tertiary/aromatic N) is 1. The number of hydrogen-bond donors (Lipinski definition) is 1. The van der Waals surface area contributed by atoms with Crippen LogP contribution < -0.4 is 10.1 Å². The maximum Gasteiger partial charge on any atom is 0.252 e. The lowest BCUT2D eigenvalue weighted by Crippen LogP contribution is -2.25. The number of carbonyl (C=O) groups excluding carboxylic acids is 2. The van der Waals surface area contributed by atoms with Crippen molar-refractivity contribution in [3.8, 4) is 5.88 Å². The van der Waals surface area contributed by atoms with Crippen molar-refractivity contribution in [3.63, 3.8) is 0 Å². The molecule has 160 valence electrons. The van der Waals surface area contributed by atoms with E-state index in [1.54, 1.807) is 49.7 Å². The highest BCUT2D eigenvalue weighted by Crippen LogP contribution is 2.19. The van der Waals surface area contributed by atoms with Gasteiger partial charge in [-0.25, -0.2) is 4.98 Å².